The third-order valence-corrected chi connectivity index (χ3v) is 6.65. The molecule has 0 spiro atoms. The number of piperidine rings is 1. The molecular weight excluding hydrogens is 272 g/mol. The lowest BCUT2D eigenvalue weighted by Gasteiger charge is -2.57. The number of nitrogens with two attached hydrogens (primary N) is 1. The van der Waals surface area contributed by atoms with Crippen LogP contribution < -0.4 is 10.5 Å². The molecule has 0 aromatic heterocycles. The van der Waals surface area contributed by atoms with Gasteiger partial charge in [-0.1, -0.05) is 26.8 Å². The molecule has 1 fully saturated rings. The van der Waals surface area contributed by atoms with E-state index in [4.69, 9.17) is 5.14 Å². The van der Waals surface area contributed by atoms with Crippen molar-refractivity contribution in [3.63, 3.8) is 0 Å². The fourth-order valence-corrected chi connectivity index (χ4v) is 4.45. The summed E-state index contributed by atoms with van der Waals surface area (Å²) < 4.78 is 23.2. The van der Waals surface area contributed by atoms with Crippen LogP contribution in [-0.4, -0.2) is 21.0 Å². The van der Waals surface area contributed by atoms with Gasteiger partial charge in [-0.25, -0.2) is 13.6 Å². The van der Waals surface area contributed by atoms with Gasteiger partial charge in [0.1, 0.15) is 0 Å². The van der Waals surface area contributed by atoms with Gasteiger partial charge in [-0.2, -0.15) is 0 Å². The first-order chi connectivity index (χ1) is 9.16. The van der Waals surface area contributed by atoms with Crippen molar-refractivity contribution >= 4 is 10.0 Å². The third-order valence-electron chi connectivity index (χ3n) is 5.74. The zero-order valence-electron chi connectivity index (χ0n) is 12.2. The molecule has 2 aliphatic rings. The number of hydrogen-bond donors (Lipinski definition) is 2. The van der Waals surface area contributed by atoms with Crippen molar-refractivity contribution in [1.82, 2.24) is 5.32 Å². The lowest BCUT2D eigenvalue weighted by Crippen LogP contribution is -2.62. The molecule has 1 aromatic carbocycles. The number of sulfonamides is 1. The summed E-state index contributed by atoms with van der Waals surface area (Å²) in [4.78, 5) is 0.227. The molecule has 0 radical (unpaired) electrons. The number of fused-ring (bicyclic) bond motifs is 4. The Morgan fingerprint density at radius 1 is 1.30 bits per heavy atom. The average Bonchev–Trinajstić information content (AvgIpc) is 2.32. The van der Waals surface area contributed by atoms with E-state index in [-0.39, 0.29) is 15.7 Å². The topological polar surface area (TPSA) is 72.2 Å². The first kappa shape index (κ1) is 14.0. The highest BCUT2D eigenvalue weighted by Crippen LogP contribution is 2.53. The first-order valence-electron chi connectivity index (χ1n) is 7.06. The Kier molecular flexibility index (Phi) is 2.85. The Labute approximate surface area is 120 Å². The molecule has 1 aliphatic heterocycles. The Balaban J connectivity index is 2.24. The predicted octanol–water partition coefficient (Wildman–Crippen LogP) is 1.54. The van der Waals surface area contributed by atoms with Gasteiger partial charge >= 0.3 is 0 Å². The SMILES string of the molecule is CC1(C)[C@H]2Cc3ccc(S(N)(=O)=O)cc3[C@]1(C)CCN2. The molecule has 3 N–H and O–H groups in total. The van der Waals surface area contributed by atoms with E-state index in [1.165, 1.54) is 5.56 Å². The molecule has 5 heteroatoms. The van der Waals surface area contributed by atoms with Crippen LogP contribution in [0.1, 0.15) is 38.3 Å². The molecule has 1 aromatic rings. The molecule has 4 nitrogen and oxygen atoms in total. The van der Waals surface area contributed by atoms with Crippen molar-refractivity contribution in [3.05, 3.63) is 29.3 Å². The van der Waals surface area contributed by atoms with Crippen molar-refractivity contribution in [2.24, 2.45) is 10.6 Å². The predicted molar refractivity (Wildman–Crippen MR) is 79.1 cm³/mol. The second kappa shape index (κ2) is 4.06. The van der Waals surface area contributed by atoms with E-state index in [2.05, 4.69) is 26.1 Å². The van der Waals surface area contributed by atoms with E-state index in [0.29, 0.717) is 6.04 Å². The first-order valence-corrected chi connectivity index (χ1v) is 8.60. The quantitative estimate of drug-likeness (QED) is 0.825. The van der Waals surface area contributed by atoms with Gasteiger partial charge in [0.2, 0.25) is 10.0 Å². The van der Waals surface area contributed by atoms with Crippen molar-refractivity contribution in [2.45, 2.75) is 50.0 Å². The van der Waals surface area contributed by atoms with Gasteiger partial charge in [0.05, 0.1) is 4.90 Å². The maximum absolute atomic E-state index is 11.6. The number of hydrogen-bond acceptors (Lipinski definition) is 3. The summed E-state index contributed by atoms with van der Waals surface area (Å²) in [7, 11) is -3.64. The van der Waals surface area contributed by atoms with Crippen LogP contribution in [0.3, 0.4) is 0 Å². The summed E-state index contributed by atoms with van der Waals surface area (Å²) in [5.74, 6) is 0. The van der Waals surface area contributed by atoms with Crippen molar-refractivity contribution in [1.29, 1.82) is 0 Å². The number of nitrogens with one attached hydrogen (secondary N) is 1. The molecule has 2 bridgehead atoms. The molecule has 0 amide bonds. The van der Waals surface area contributed by atoms with E-state index in [9.17, 15) is 8.42 Å². The fraction of sp³-hybridized carbons (Fsp3) is 0.600. The molecule has 1 saturated heterocycles. The van der Waals surface area contributed by atoms with Crippen LogP contribution in [0.5, 0.6) is 0 Å². The van der Waals surface area contributed by atoms with E-state index in [1.54, 1.807) is 12.1 Å². The minimum Gasteiger partial charge on any atom is -0.313 e. The average molecular weight is 294 g/mol. The van der Waals surface area contributed by atoms with Gasteiger partial charge in [0.25, 0.3) is 0 Å². The Morgan fingerprint density at radius 3 is 2.65 bits per heavy atom. The van der Waals surface area contributed by atoms with Gasteiger partial charge in [-0.05, 0) is 48.1 Å². The Hall–Kier alpha value is -0.910. The van der Waals surface area contributed by atoms with Crippen LogP contribution >= 0.6 is 0 Å². The van der Waals surface area contributed by atoms with E-state index < -0.39 is 10.0 Å². The minimum absolute atomic E-state index is 0.0167. The molecule has 1 aliphatic carbocycles. The van der Waals surface area contributed by atoms with Crippen LogP contribution in [0, 0.1) is 5.41 Å². The second-order valence-corrected chi connectivity index (χ2v) is 8.44. The molecule has 20 heavy (non-hydrogen) atoms. The van der Waals surface area contributed by atoms with Gasteiger partial charge in [0, 0.05) is 11.5 Å². The normalized spacial score (nSPS) is 31.7. The number of benzene rings is 1. The monoisotopic (exact) mass is 294 g/mol. The summed E-state index contributed by atoms with van der Waals surface area (Å²) in [6, 6.07) is 5.80. The number of primary sulfonamides is 1. The highest BCUT2D eigenvalue weighted by molar-refractivity contribution is 7.89. The van der Waals surface area contributed by atoms with Crippen molar-refractivity contribution in [2.75, 3.05) is 6.54 Å². The van der Waals surface area contributed by atoms with Crippen molar-refractivity contribution < 1.29 is 8.42 Å². The molecular formula is C15H22N2O2S. The molecule has 0 unspecified atom stereocenters. The summed E-state index contributed by atoms with van der Waals surface area (Å²) in [5.41, 5.74) is 2.48. The van der Waals surface area contributed by atoms with Gasteiger partial charge < -0.3 is 5.32 Å². The maximum atomic E-state index is 11.6. The van der Waals surface area contributed by atoms with Crippen LogP contribution in [0.2, 0.25) is 0 Å². The van der Waals surface area contributed by atoms with E-state index >= 15 is 0 Å². The van der Waals surface area contributed by atoms with Crippen molar-refractivity contribution in [3.8, 4) is 0 Å². The zero-order valence-corrected chi connectivity index (χ0v) is 13.0. The second-order valence-electron chi connectivity index (χ2n) is 6.88. The molecule has 0 saturated carbocycles. The van der Waals surface area contributed by atoms with Gasteiger partial charge in [0.15, 0.2) is 0 Å². The molecule has 1 heterocycles. The fourth-order valence-electron chi connectivity index (χ4n) is 3.91. The Bertz CT molecular complexity index is 666. The highest BCUT2D eigenvalue weighted by Gasteiger charge is 2.53. The molecule has 3 rings (SSSR count). The molecule has 110 valence electrons. The minimum atomic E-state index is -3.64. The standard InChI is InChI=1S/C15H22N2O2S/c1-14(2)13-8-10-4-5-11(20(16,18)19)9-12(10)15(14,3)6-7-17-13/h4-5,9,13,17H,6-8H2,1-3H3,(H2,16,18,19)/t13-,15+/m1/s1. The van der Waals surface area contributed by atoms with Crippen LogP contribution in [0.4, 0.5) is 0 Å². The smallest absolute Gasteiger partial charge is 0.238 e. The summed E-state index contributed by atoms with van der Waals surface area (Å²) >= 11 is 0. The largest absolute Gasteiger partial charge is 0.313 e. The summed E-state index contributed by atoms with van der Waals surface area (Å²) in [5, 5.41) is 8.90. The van der Waals surface area contributed by atoms with Crippen LogP contribution in [-0.2, 0) is 21.9 Å². The van der Waals surface area contributed by atoms with Gasteiger partial charge in [-0.3, -0.25) is 0 Å². The third kappa shape index (κ3) is 1.76. The maximum Gasteiger partial charge on any atom is 0.238 e. The number of rotatable bonds is 1. The Morgan fingerprint density at radius 2 is 2.00 bits per heavy atom. The van der Waals surface area contributed by atoms with E-state index in [1.807, 2.05) is 6.07 Å². The highest BCUT2D eigenvalue weighted by atomic mass is 32.2. The lowest BCUT2D eigenvalue weighted by molar-refractivity contribution is 0.0557. The molecule has 2 atom stereocenters. The van der Waals surface area contributed by atoms with E-state index in [0.717, 1.165) is 24.9 Å². The van der Waals surface area contributed by atoms with Crippen LogP contribution in [0.15, 0.2) is 23.1 Å². The van der Waals surface area contributed by atoms with Gasteiger partial charge in [-0.15, -0.1) is 0 Å². The lowest BCUT2D eigenvalue weighted by atomic mass is 9.51. The van der Waals surface area contributed by atoms with Crippen LogP contribution in [0.25, 0.3) is 0 Å². The summed E-state index contributed by atoms with van der Waals surface area (Å²) in [6.45, 7) is 7.78. The summed E-state index contributed by atoms with van der Waals surface area (Å²) in [6.07, 6.45) is 1.96. The zero-order chi connectivity index (χ0) is 14.8.